The van der Waals surface area contributed by atoms with Crippen LogP contribution in [0.25, 0.3) is 0 Å². The Bertz CT molecular complexity index is 308. The van der Waals surface area contributed by atoms with Crippen molar-refractivity contribution in [1.82, 2.24) is 0 Å². The first-order chi connectivity index (χ1) is 6.59. The fourth-order valence-corrected chi connectivity index (χ4v) is 1.11. The summed E-state index contributed by atoms with van der Waals surface area (Å²) in [4.78, 5) is 10.2. The number of hydrogen-bond donors (Lipinski definition) is 2. The maximum absolute atomic E-state index is 12.5. The van der Waals surface area contributed by atoms with Crippen molar-refractivity contribution in [2.75, 3.05) is 0 Å². The van der Waals surface area contributed by atoms with Gasteiger partial charge in [-0.3, -0.25) is 4.79 Å². The third-order valence-corrected chi connectivity index (χ3v) is 1.89. The highest BCUT2D eigenvalue weighted by Crippen LogP contribution is 2.18. The number of aliphatic carboxylic acids is 1. The Morgan fingerprint density at radius 1 is 1.36 bits per heavy atom. The van der Waals surface area contributed by atoms with E-state index in [1.807, 2.05) is 0 Å². The molecule has 1 aromatic carbocycles. The van der Waals surface area contributed by atoms with Crippen LogP contribution in [0.1, 0.15) is 24.5 Å². The number of carbonyl (C=O) groups is 1. The number of hydrogen-bond acceptors (Lipinski definition) is 2. The molecule has 76 valence electrons. The van der Waals surface area contributed by atoms with Gasteiger partial charge in [0.1, 0.15) is 5.82 Å². The quantitative estimate of drug-likeness (QED) is 0.774. The second-order valence-corrected chi connectivity index (χ2v) is 3.00. The van der Waals surface area contributed by atoms with Crippen LogP contribution in [0, 0.1) is 5.82 Å². The lowest BCUT2D eigenvalue weighted by molar-refractivity contribution is -0.137. The molecule has 0 amide bonds. The van der Waals surface area contributed by atoms with E-state index in [0.29, 0.717) is 5.56 Å². The highest BCUT2D eigenvalue weighted by molar-refractivity contribution is 5.66. The fourth-order valence-electron chi connectivity index (χ4n) is 1.11. The fraction of sp³-hybridized carbons (Fsp3) is 0.300. The number of rotatable bonds is 4. The highest BCUT2D eigenvalue weighted by Gasteiger charge is 2.09. The molecule has 1 rings (SSSR count). The van der Waals surface area contributed by atoms with E-state index in [2.05, 4.69) is 0 Å². The normalized spacial score (nSPS) is 12.4. The summed E-state index contributed by atoms with van der Waals surface area (Å²) in [7, 11) is 0. The number of carboxylic acid groups (broad SMARTS) is 1. The summed E-state index contributed by atoms with van der Waals surface area (Å²) in [6, 6.07) is 5.36. The van der Waals surface area contributed by atoms with E-state index in [1.165, 1.54) is 24.3 Å². The summed E-state index contributed by atoms with van der Waals surface area (Å²) in [5.74, 6) is -1.33. The van der Waals surface area contributed by atoms with Crippen molar-refractivity contribution in [2.45, 2.75) is 18.9 Å². The van der Waals surface area contributed by atoms with Gasteiger partial charge in [-0.05, 0) is 24.1 Å². The molecule has 0 heterocycles. The van der Waals surface area contributed by atoms with Gasteiger partial charge >= 0.3 is 5.97 Å². The van der Waals surface area contributed by atoms with E-state index in [0.717, 1.165) is 0 Å². The third kappa shape index (κ3) is 3.14. The zero-order chi connectivity index (χ0) is 10.6. The van der Waals surface area contributed by atoms with Crippen molar-refractivity contribution >= 4 is 5.97 Å². The summed E-state index contributed by atoms with van der Waals surface area (Å²) in [6.07, 6.45) is -0.800. The van der Waals surface area contributed by atoms with E-state index in [9.17, 15) is 14.3 Å². The largest absolute Gasteiger partial charge is 0.481 e. The van der Waals surface area contributed by atoms with Crippen LogP contribution in [0.15, 0.2) is 24.3 Å². The number of carboxylic acids is 1. The van der Waals surface area contributed by atoms with Crippen molar-refractivity contribution in [1.29, 1.82) is 0 Å². The van der Waals surface area contributed by atoms with E-state index in [4.69, 9.17) is 5.11 Å². The average Bonchev–Trinajstić information content (AvgIpc) is 2.15. The molecule has 2 N–H and O–H groups in total. The maximum Gasteiger partial charge on any atom is 0.303 e. The Balaban J connectivity index is 2.56. The molecule has 0 bridgehead atoms. The highest BCUT2D eigenvalue weighted by atomic mass is 19.1. The van der Waals surface area contributed by atoms with Crippen LogP contribution < -0.4 is 0 Å². The predicted octanol–water partition coefficient (Wildman–Crippen LogP) is 1.72. The lowest BCUT2D eigenvalue weighted by atomic mass is 10.1. The minimum atomic E-state index is -0.953. The minimum Gasteiger partial charge on any atom is -0.481 e. The van der Waals surface area contributed by atoms with E-state index >= 15 is 0 Å². The Hall–Kier alpha value is -1.42. The second-order valence-electron chi connectivity index (χ2n) is 3.00. The number of benzene rings is 1. The van der Waals surface area contributed by atoms with Crippen LogP contribution in [0.2, 0.25) is 0 Å². The molecular weight excluding hydrogens is 187 g/mol. The summed E-state index contributed by atoms with van der Waals surface area (Å²) >= 11 is 0. The summed E-state index contributed by atoms with van der Waals surface area (Å²) in [6.45, 7) is 0. The SMILES string of the molecule is O=C(O)CC[C@H](O)c1ccc(F)cc1. The lowest BCUT2D eigenvalue weighted by Gasteiger charge is -2.08. The standard InChI is InChI=1S/C10H11FO3/c11-8-3-1-7(2-4-8)9(12)5-6-10(13)14/h1-4,9,12H,5-6H2,(H,13,14)/t9-/m0/s1. The van der Waals surface area contributed by atoms with Crippen LogP contribution in [0.4, 0.5) is 4.39 Å². The topological polar surface area (TPSA) is 57.5 Å². The third-order valence-electron chi connectivity index (χ3n) is 1.89. The molecule has 0 aromatic heterocycles. The Labute approximate surface area is 80.8 Å². The van der Waals surface area contributed by atoms with Gasteiger partial charge in [0.2, 0.25) is 0 Å². The van der Waals surface area contributed by atoms with Crippen LogP contribution in [-0.2, 0) is 4.79 Å². The zero-order valence-electron chi connectivity index (χ0n) is 7.48. The predicted molar refractivity (Wildman–Crippen MR) is 48.2 cm³/mol. The summed E-state index contributed by atoms with van der Waals surface area (Å²) in [5.41, 5.74) is 0.535. The number of halogens is 1. The molecule has 1 atom stereocenters. The Morgan fingerprint density at radius 3 is 2.43 bits per heavy atom. The van der Waals surface area contributed by atoms with Crippen molar-refractivity contribution < 1.29 is 19.4 Å². The average molecular weight is 198 g/mol. The second kappa shape index (κ2) is 4.72. The maximum atomic E-state index is 12.5. The Kier molecular flexibility index (Phi) is 3.59. The zero-order valence-corrected chi connectivity index (χ0v) is 7.48. The molecule has 14 heavy (non-hydrogen) atoms. The van der Waals surface area contributed by atoms with Gasteiger partial charge in [0.15, 0.2) is 0 Å². The molecule has 0 spiro atoms. The van der Waals surface area contributed by atoms with Crippen molar-refractivity contribution in [3.05, 3.63) is 35.6 Å². The first kappa shape index (κ1) is 10.7. The van der Waals surface area contributed by atoms with Gasteiger partial charge in [0.05, 0.1) is 6.10 Å². The monoisotopic (exact) mass is 198 g/mol. The smallest absolute Gasteiger partial charge is 0.303 e. The van der Waals surface area contributed by atoms with Crippen molar-refractivity contribution in [3.8, 4) is 0 Å². The first-order valence-electron chi connectivity index (χ1n) is 4.25. The van der Waals surface area contributed by atoms with Crippen LogP contribution >= 0.6 is 0 Å². The van der Waals surface area contributed by atoms with Gasteiger partial charge in [-0.1, -0.05) is 12.1 Å². The molecule has 4 heteroatoms. The summed E-state index contributed by atoms with van der Waals surface area (Å²) < 4.78 is 12.5. The molecule has 1 aromatic rings. The van der Waals surface area contributed by atoms with Crippen LogP contribution in [0.5, 0.6) is 0 Å². The van der Waals surface area contributed by atoms with E-state index in [-0.39, 0.29) is 18.7 Å². The molecule has 0 saturated carbocycles. The van der Waals surface area contributed by atoms with Gasteiger partial charge in [-0.25, -0.2) is 4.39 Å². The molecular formula is C10H11FO3. The number of aliphatic hydroxyl groups is 1. The van der Waals surface area contributed by atoms with Gasteiger partial charge in [-0.15, -0.1) is 0 Å². The van der Waals surface area contributed by atoms with Crippen molar-refractivity contribution in [2.24, 2.45) is 0 Å². The molecule has 0 radical (unpaired) electrons. The van der Waals surface area contributed by atoms with E-state index in [1.54, 1.807) is 0 Å². The molecule has 3 nitrogen and oxygen atoms in total. The number of aliphatic hydroxyl groups excluding tert-OH is 1. The molecule has 0 aliphatic heterocycles. The van der Waals surface area contributed by atoms with Gasteiger partial charge < -0.3 is 10.2 Å². The molecule has 0 unspecified atom stereocenters. The molecule has 0 aliphatic rings. The van der Waals surface area contributed by atoms with Gasteiger partial charge in [0, 0.05) is 6.42 Å². The molecule has 0 saturated heterocycles. The molecule has 0 aliphatic carbocycles. The minimum absolute atomic E-state index is 0.0987. The van der Waals surface area contributed by atoms with Crippen molar-refractivity contribution in [3.63, 3.8) is 0 Å². The summed E-state index contributed by atoms with van der Waals surface area (Å²) in [5, 5.41) is 17.9. The van der Waals surface area contributed by atoms with Crippen LogP contribution in [-0.4, -0.2) is 16.2 Å². The Morgan fingerprint density at radius 2 is 1.93 bits per heavy atom. The van der Waals surface area contributed by atoms with E-state index < -0.39 is 12.1 Å². The molecule has 0 fully saturated rings. The van der Waals surface area contributed by atoms with Crippen LogP contribution in [0.3, 0.4) is 0 Å². The van der Waals surface area contributed by atoms with Gasteiger partial charge in [-0.2, -0.15) is 0 Å². The first-order valence-corrected chi connectivity index (χ1v) is 4.25. The van der Waals surface area contributed by atoms with Gasteiger partial charge in [0.25, 0.3) is 0 Å². The lowest BCUT2D eigenvalue weighted by Crippen LogP contribution is -2.02.